The van der Waals surface area contributed by atoms with Crippen molar-refractivity contribution in [2.75, 3.05) is 32.8 Å². The van der Waals surface area contributed by atoms with Crippen LogP contribution in [0.2, 0.25) is 0 Å². The van der Waals surface area contributed by atoms with Gasteiger partial charge in [0, 0.05) is 42.3 Å². The molecule has 0 bridgehead atoms. The van der Waals surface area contributed by atoms with Gasteiger partial charge in [-0.3, -0.25) is 4.90 Å². The lowest BCUT2D eigenvalue weighted by molar-refractivity contribution is 0.101. The molecule has 0 radical (unpaired) electrons. The van der Waals surface area contributed by atoms with Gasteiger partial charge in [-0.2, -0.15) is 0 Å². The predicted molar refractivity (Wildman–Crippen MR) is 99.1 cm³/mol. The summed E-state index contributed by atoms with van der Waals surface area (Å²) in [5.74, 6) is 1.83. The molecule has 0 spiro atoms. The van der Waals surface area contributed by atoms with Crippen LogP contribution in [0.5, 0.6) is 5.75 Å². The highest BCUT2D eigenvalue weighted by Gasteiger charge is 2.32. The van der Waals surface area contributed by atoms with E-state index in [1.807, 2.05) is 0 Å². The first kappa shape index (κ1) is 17.2. The van der Waals surface area contributed by atoms with Gasteiger partial charge in [-0.1, -0.05) is 35.2 Å². The lowest BCUT2D eigenvalue weighted by Gasteiger charge is -2.41. The summed E-state index contributed by atoms with van der Waals surface area (Å²) in [5, 5.41) is 3.49. The first-order valence-electron chi connectivity index (χ1n) is 9.16. The van der Waals surface area contributed by atoms with Crippen LogP contribution in [0.1, 0.15) is 50.6 Å². The third-order valence-electron chi connectivity index (χ3n) is 5.23. The Balaban J connectivity index is 1.94. The van der Waals surface area contributed by atoms with Gasteiger partial charge < -0.3 is 10.1 Å². The van der Waals surface area contributed by atoms with Gasteiger partial charge in [0.25, 0.3) is 0 Å². The quantitative estimate of drug-likeness (QED) is 0.820. The summed E-state index contributed by atoms with van der Waals surface area (Å²) in [7, 11) is 0. The molecule has 1 saturated heterocycles. The van der Waals surface area contributed by atoms with Gasteiger partial charge in [-0.05, 0) is 43.9 Å². The number of hydrogen-bond donors (Lipinski definition) is 1. The highest BCUT2D eigenvalue weighted by atomic mass is 79.9. The molecule has 1 aromatic carbocycles. The molecule has 0 aromatic heterocycles. The zero-order valence-corrected chi connectivity index (χ0v) is 15.8. The number of halogens is 1. The summed E-state index contributed by atoms with van der Waals surface area (Å²) in [6, 6.07) is 7.04. The first-order chi connectivity index (χ1) is 11.3. The standard InChI is InChI=1S/C19H29BrN2O/c1-2-23-18-9-8-16(20)14-17(18)19(15-6-4-3-5-7-15)22-12-10-21-11-13-22/h8-9,14-15,19,21H,2-7,10-13H2,1H3/t19-/m1/s1. The van der Waals surface area contributed by atoms with Crippen molar-refractivity contribution in [1.29, 1.82) is 0 Å². The highest BCUT2D eigenvalue weighted by molar-refractivity contribution is 9.10. The van der Waals surface area contributed by atoms with Crippen molar-refractivity contribution in [3.8, 4) is 5.75 Å². The first-order valence-corrected chi connectivity index (χ1v) is 9.96. The Morgan fingerprint density at radius 1 is 1.22 bits per heavy atom. The maximum Gasteiger partial charge on any atom is 0.124 e. The molecule has 1 atom stereocenters. The number of rotatable bonds is 5. The van der Waals surface area contributed by atoms with E-state index in [0.29, 0.717) is 6.04 Å². The van der Waals surface area contributed by atoms with E-state index >= 15 is 0 Å². The van der Waals surface area contributed by atoms with Crippen molar-refractivity contribution >= 4 is 15.9 Å². The monoisotopic (exact) mass is 380 g/mol. The topological polar surface area (TPSA) is 24.5 Å². The molecule has 3 nitrogen and oxygen atoms in total. The smallest absolute Gasteiger partial charge is 0.124 e. The lowest BCUT2D eigenvalue weighted by atomic mass is 9.80. The minimum atomic E-state index is 0.497. The van der Waals surface area contributed by atoms with Crippen LogP contribution in [0.3, 0.4) is 0 Å². The summed E-state index contributed by atoms with van der Waals surface area (Å²) in [6.45, 7) is 7.28. The molecule has 0 unspecified atom stereocenters. The van der Waals surface area contributed by atoms with Gasteiger partial charge in [0.1, 0.15) is 5.75 Å². The van der Waals surface area contributed by atoms with Crippen molar-refractivity contribution in [2.24, 2.45) is 5.92 Å². The third kappa shape index (κ3) is 4.28. The van der Waals surface area contributed by atoms with E-state index in [4.69, 9.17) is 4.74 Å². The molecule has 3 rings (SSSR count). The molecule has 128 valence electrons. The van der Waals surface area contributed by atoms with E-state index in [2.05, 4.69) is 51.3 Å². The number of nitrogens with one attached hydrogen (secondary N) is 1. The van der Waals surface area contributed by atoms with Crippen LogP contribution in [0.25, 0.3) is 0 Å². The van der Waals surface area contributed by atoms with Crippen molar-refractivity contribution in [3.05, 3.63) is 28.2 Å². The van der Waals surface area contributed by atoms with E-state index < -0.39 is 0 Å². The maximum absolute atomic E-state index is 5.99. The van der Waals surface area contributed by atoms with Crippen molar-refractivity contribution in [1.82, 2.24) is 10.2 Å². The van der Waals surface area contributed by atoms with Crippen LogP contribution in [0.4, 0.5) is 0 Å². The molecule has 1 aliphatic heterocycles. The Labute approximate surface area is 148 Å². The lowest BCUT2D eigenvalue weighted by Crippen LogP contribution is -2.47. The van der Waals surface area contributed by atoms with E-state index in [0.717, 1.165) is 48.9 Å². The van der Waals surface area contributed by atoms with Crippen molar-refractivity contribution in [3.63, 3.8) is 0 Å². The number of benzene rings is 1. The summed E-state index contributed by atoms with van der Waals surface area (Å²) in [5.41, 5.74) is 1.38. The number of ether oxygens (including phenoxy) is 1. The normalized spacial score (nSPS) is 22.0. The summed E-state index contributed by atoms with van der Waals surface area (Å²) < 4.78 is 7.15. The fraction of sp³-hybridized carbons (Fsp3) is 0.684. The van der Waals surface area contributed by atoms with Crippen LogP contribution in [0, 0.1) is 5.92 Å². The summed E-state index contributed by atoms with van der Waals surface area (Å²) in [6.07, 6.45) is 6.87. The Kier molecular flexibility index (Phi) is 6.37. The van der Waals surface area contributed by atoms with E-state index in [1.54, 1.807) is 0 Å². The molecule has 1 heterocycles. The van der Waals surface area contributed by atoms with Gasteiger partial charge >= 0.3 is 0 Å². The minimum absolute atomic E-state index is 0.497. The molecule has 23 heavy (non-hydrogen) atoms. The maximum atomic E-state index is 5.99. The van der Waals surface area contributed by atoms with Crippen LogP contribution < -0.4 is 10.1 Å². The fourth-order valence-electron chi connectivity index (χ4n) is 4.20. The Morgan fingerprint density at radius 2 is 1.96 bits per heavy atom. The van der Waals surface area contributed by atoms with Gasteiger partial charge in [0.05, 0.1) is 6.61 Å². The van der Waals surface area contributed by atoms with Crippen LogP contribution in [-0.4, -0.2) is 37.7 Å². The number of piperazine rings is 1. The molecule has 1 N–H and O–H groups in total. The van der Waals surface area contributed by atoms with E-state index in [1.165, 1.54) is 37.7 Å². The van der Waals surface area contributed by atoms with E-state index in [9.17, 15) is 0 Å². The fourth-order valence-corrected chi connectivity index (χ4v) is 4.58. The van der Waals surface area contributed by atoms with Gasteiger partial charge in [0.2, 0.25) is 0 Å². The van der Waals surface area contributed by atoms with Gasteiger partial charge in [-0.25, -0.2) is 0 Å². The highest BCUT2D eigenvalue weighted by Crippen LogP contribution is 2.42. The average molecular weight is 381 g/mol. The second-order valence-corrected chi connectivity index (χ2v) is 7.66. The van der Waals surface area contributed by atoms with Crippen LogP contribution >= 0.6 is 15.9 Å². The Bertz CT molecular complexity index is 478. The molecule has 1 saturated carbocycles. The second kappa shape index (κ2) is 8.50. The third-order valence-corrected chi connectivity index (χ3v) is 5.72. The Morgan fingerprint density at radius 3 is 2.65 bits per heavy atom. The number of nitrogens with zero attached hydrogens (tertiary/aromatic N) is 1. The molecule has 0 amide bonds. The average Bonchev–Trinajstić information content (AvgIpc) is 2.60. The zero-order valence-electron chi connectivity index (χ0n) is 14.2. The SMILES string of the molecule is CCOc1ccc(Br)cc1[C@@H](C1CCCCC1)N1CCNCC1. The molecular formula is C19H29BrN2O. The molecule has 1 aliphatic carbocycles. The van der Waals surface area contributed by atoms with E-state index in [-0.39, 0.29) is 0 Å². The molecule has 2 aliphatic rings. The zero-order chi connectivity index (χ0) is 16.1. The molecular weight excluding hydrogens is 352 g/mol. The second-order valence-electron chi connectivity index (χ2n) is 6.74. The molecule has 1 aromatic rings. The van der Waals surface area contributed by atoms with Crippen LogP contribution in [-0.2, 0) is 0 Å². The summed E-state index contributed by atoms with van der Waals surface area (Å²) >= 11 is 3.68. The van der Waals surface area contributed by atoms with Crippen LogP contribution in [0.15, 0.2) is 22.7 Å². The van der Waals surface area contributed by atoms with Gasteiger partial charge in [0.15, 0.2) is 0 Å². The molecule has 4 heteroatoms. The van der Waals surface area contributed by atoms with Crippen molar-refractivity contribution in [2.45, 2.75) is 45.1 Å². The van der Waals surface area contributed by atoms with Gasteiger partial charge in [-0.15, -0.1) is 0 Å². The number of hydrogen-bond acceptors (Lipinski definition) is 3. The largest absolute Gasteiger partial charge is 0.494 e. The summed E-state index contributed by atoms with van der Waals surface area (Å²) in [4.78, 5) is 2.69. The Hall–Kier alpha value is -0.580. The predicted octanol–water partition coefficient (Wildman–Crippen LogP) is 4.37. The molecule has 2 fully saturated rings. The minimum Gasteiger partial charge on any atom is -0.494 e. The van der Waals surface area contributed by atoms with Crippen molar-refractivity contribution < 1.29 is 4.74 Å².